The van der Waals surface area contributed by atoms with Crippen LogP contribution in [0.2, 0.25) is 0 Å². The van der Waals surface area contributed by atoms with Gasteiger partial charge in [-0.05, 0) is 46.2 Å². The second-order valence-corrected chi connectivity index (χ2v) is 6.29. The number of hydrogen-bond donors (Lipinski definition) is 2. The lowest BCUT2D eigenvalue weighted by atomic mass is 9.92. The standard InChI is InChI=1S/C15H29N3O/c1-12-11-13(7-8-16-12)15(19)17-9-10-18(2)14-5-3-4-6-14/h12-14,16H,3-11H2,1-2H3,(H,17,19)/t12-,13-/m0/s1. The summed E-state index contributed by atoms with van der Waals surface area (Å²) in [5.41, 5.74) is 0. The minimum absolute atomic E-state index is 0.216. The van der Waals surface area contributed by atoms with Gasteiger partial charge in [-0.15, -0.1) is 0 Å². The highest BCUT2D eigenvalue weighted by atomic mass is 16.1. The number of nitrogens with zero attached hydrogens (tertiary/aromatic N) is 1. The van der Waals surface area contributed by atoms with Gasteiger partial charge in [0.1, 0.15) is 0 Å². The molecule has 19 heavy (non-hydrogen) atoms. The molecule has 2 aliphatic rings. The molecule has 1 saturated carbocycles. The van der Waals surface area contributed by atoms with E-state index in [0.29, 0.717) is 6.04 Å². The molecule has 1 amide bonds. The van der Waals surface area contributed by atoms with Crippen molar-refractivity contribution in [3.63, 3.8) is 0 Å². The van der Waals surface area contributed by atoms with Crippen molar-refractivity contribution < 1.29 is 4.79 Å². The SMILES string of the molecule is C[C@H]1C[C@@H](C(=O)NCCN(C)C2CCCC2)CCN1. The van der Waals surface area contributed by atoms with Gasteiger partial charge in [-0.2, -0.15) is 0 Å². The number of piperidine rings is 1. The van der Waals surface area contributed by atoms with Crippen molar-refractivity contribution in [2.75, 3.05) is 26.7 Å². The van der Waals surface area contributed by atoms with E-state index in [2.05, 4.69) is 29.5 Å². The number of carbonyl (C=O) groups is 1. The van der Waals surface area contributed by atoms with Crippen LogP contribution in [0.25, 0.3) is 0 Å². The van der Waals surface area contributed by atoms with Gasteiger partial charge in [-0.25, -0.2) is 0 Å². The third kappa shape index (κ3) is 4.46. The maximum absolute atomic E-state index is 12.1. The van der Waals surface area contributed by atoms with E-state index >= 15 is 0 Å². The molecule has 0 aromatic rings. The minimum atomic E-state index is 0.216. The second kappa shape index (κ2) is 7.25. The first-order chi connectivity index (χ1) is 9.16. The zero-order chi connectivity index (χ0) is 13.7. The first kappa shape index (κ1) is 14.8. The van der Waals surface area contributed by atoms with E-state index in [1.807, 2.05) is 0 Å². The molecule has 1 aliphatic heterocycles. The summed E-state index contributed by atoms with van der Waals surface area (Å²) in [6.07, 6.45) is 7.36. The highest BCUT2D eigenvalue weighted by molar-refractivity contribution is 5.78. The molecule has 110 valence electrons. The molecule has 0 bridgehead atoms. The summed E-state index contributed by atoms with van der Waals surface area (Å²) in [5.74, 6) is 0.473. The van der Waals surface area contributed by atoms with Gasteiger partial charge in [0.05, 0.1) is 0 Å². The monoisotopic (exact) mass is 267 g/mol. The Bertz CT molecular complexity index is 289. The van der Waals surface area contributed by atoms with Crippen molar-refractivity contribution in [3.05, 3.63) is 0 Å². The van der Waals surface area contributed by atoms with E-state index in [1.54, 1.807) is 0 Å². The first-order valence-electron chi connectivity index (χ1n) is 7.88. The summed E-state index contributed by atoms with van der Waals surface area (Å²) in [4.78, 5) is 14.5. The van der Waals surface area contributed by atoms with Crippen LogP contribution in [0.4, 0.5) is 0 Å². The van der Waals surface area contributed by atoms with Gasteiger partial charge in [-0.1, -0.05) is 12.8 Å². The fraction of sp³-hybridized carbons (Fsp3) is 0.933. The molecule has 0 aromatic carbocycles. The highest BCUT2D eigenvalue weighted by Crippen LogP contribution is 2.22. The summed E-state index contributed by atoms with van der Waals surface area (Å²) >= 11 is 0. The van der Waals surface area contributed by atoms with Crippen molar-refractivity contribution in [2.24, 2.45) is 5.92 Å². The van der Waals surface area contributed by atoms with Crippen LogP contribution in [-0.2, 0) is 4.79 Å². The lowest BCUT2D eigenvalue weighted by Crippen LogP contribution is -2.44. The van der Waals surface area contributed by atoms with Crippen LogP contribution in [-0.4, -0.2) is 49.6 Å². The van der Waals surface area contributed by atoms with Crippen LogP contribution in [0.1, 0.15) is 45.4 Å². The fourth-order valence-electron chi connectivity index (χ4n) is 3.40. The summed E-state index contributed by atoms with van der Waals surface area (Å²) in [7, 11) is 2.19. The van der Waals surface area contributed by atoms with Gasteiger partial charge in [0.15, 0.2) is 0 Å². The Hall–Kier alpha value is -0.610. The molecule has 1 aliphatic carbocycles. The molecule has 0 radical (unpaired) electrons. The minimum Gasteiger partial charge on any atom is -0.355 e. The number of amides is 1. The normalized spacial score (nSPS) is 28.8. The molecule has 2 fully saturated rings. The van der Waals surface area contributed by atoms with E-state index < -0.39 is 0 Å². The fourth-order valence-corrected chi connectivity index (χ4v) is 3.40. The zero-order valence-corrected chi connectivity index (χ0v) is 12.5. The van der Waals surface area contributed by atoms with Gasteiger partial charge < -0.3 is 15.5 Å². The van der Waals surface area contributed by atoms with Crippen molar-refractivity contribution in [1.82, 2.24) is 15.5 Å². The topological polar surface area (TPSA) is 44.4 Å². The summed E-state index contributed by atoms with van der Waals surface area (Å²) in [6, 6.07) is 1.22. The number of nitrogens with one attached hydrogen (secondary N) is 2. The number of hydrogen-bond acceptors (Lipinski definition) is 3. The number of likely N-dealkylation sites (N-methyl/N-ethyl adjacent to an activating group) is 1. The molecule has 1 saturated heterocycles. The molecule has 2 rings (SSSR count). The Morgan fingerprint density at radius 2 is 2.05 bits per heavy atom. The molecular formula is C15H29N3O. The van der Waals surface area contributed by atoms with Crippen molar-refractivity contribution in [2.45, 2.75) is 57.5 Å². The molecular weight excluding hydrogens is 238 g/mol. The maximum atomic E-state index is 12.1. The summed E-state index contributed by atoms with van der Waals surface area (Å²) in [6.45, 7) is 4.91. The summed E-state index contributed by atoms with van der Waals surface area (Å²) in [5, 5.41) is 6.51. The van der Waals surface area contributed by atoms with E-state index in [1.165, 1.54) is 25.7 Å². The Labute approximate surface area is 117 Å². The third-order valence-corrected chi connectivity index (χ3v) is 4.71. The van der Waals surface area contributed by atoms with E-state index in [9.17, 15) is 4.79 Å². The average molecular weight is 267 g/mol. The van der Waals surface area contributed by atoms with Gasteiger partial charge in [-0.3, -0.25) is 4.79 Å². The van der Waals surface area contributed by atoms with E-state index in [0.717, 1.165) is 38.5 Å². The molecule has 0 spiro atoms. The van der Waals surface area contributed by atoms with Gasteiger partial charge in [0, 0.05) is 31.1 Å². The lowest BCUT2D eigenvalue weighted by molar-refractivity contribution is -0.126. The van der Waals surface area contributed by atoms with Crippen molar-refractivity contribution >= 4 is 5.91 Å². The second-order valence-electron chi connectivity index (χ2n) is 6.29. The predicted molar refractivity (Wildman–Crippen MR) is 78.1 cm³/mol. The van der Waals surface area contributed by atoms with Crippen LogP contribution >= 0.6 is 0 Å². The van der Waals surface area contributed by atoms with Crippen LogP contribution in [0.3, 0.4) is 0 Å². The quantitative estimate of drug-likeness (QED) is 0.790. The van der Waals surface area contributed by atoms with Gasteiger partial charge in [0.25, 0.3) is 0 Å². The predicted octanol–water partition coefficient (Wildman–Crippen LogP) is 1.37. The molecule has 2 N–H and O–H groups in total. The van der Waals surface area contributed by atoms with E-state index in [-0.39, 0.29) is 11.8 Å². The molecule has 4 nitrogen and oxygen atoms in total. The summed E-state index contributed by atoms with van der Waals surface area (Å²) < 4.78 is 0. The Balaban J connectivity index is 1.63. The maximum Gasteiger partial charge on any atom is 0.223 e. The van der Waals surface area contributed by atoms with Crippen LogP contribution in [0.5, 0.6) is 0 Å². The molecule has 4 heteroatoms. The number of carbonyl (C=O) groups excluding carboxylic acids is 1. The third-order valence-electron chi connectivity index (χ3n) is 4.71. The molecule has 1 heterocycles. The molecule has 2 atom stereocenters. The van der Waals surface area contributed by atoms with Crippen molar-refractivity contribution in [3.8, 4) is 0 Å². The smallest absolute Gasteiger partial charge is 0.223 e. The highest BCUT2D eigenvalue weighted by Gasteiger charge is 2.24. The molecule has 0 unspecified atom stereocenters. The Kier molecular flexibility index (Phi) is 5.64. The van der Waals surface area contributed by atoms with Crippen LogP contribution < -0.4 is 10.6 Å². The van der Waals surface area contributed by atoms with Crippen molar-refractivity contribution in [1.29, 1.82) is 0 Å². The lowest BCUT2D eigenvalue weighted by Gasteiger charge is -2.28. The number of rotatable bonds is 5. The largest absolute Gasteiger partial charge is 0.355 e. The Morgan fingerprint density at radius 3 is 2.74 bits per heavy atom. The van der Waals surface area contributed by atoms with Crippen LogP contribution in [0.15, 0.2) is 0 Å². The molecule has 0 aromatic heterocycles. The first-order valence-corrected chi connectivity index (χ1v) is 7.88. The average Bonchev–Trinajstić information content (AvgIpc) is 2.92. The Morgan fingerprint density at radius 1 is 1.32 bits per heavy atom. The van der Waals surface area contributed by atoms with E-state index in [4.69, 9.17) is 0 Å². The van der Waals surface area contributed by atoms with Gasteiger partial charge in [0.2, 0.25) is 5.91 Å². The van der Waals surface area contributed by atoms with Gasteiger partial charge >= 0.3 is 0 Å². The van der Waals surface area contributed by atoms with Crippen LogP contribution in [0, 0.1) is 5.92 Å². The zero-order valence-electron chi connectivity index (χ0n) is 12.5.